The Labute approximate surface area is 98.3 Å². The maximum Gasteiger partial charge on any atom is 0.146 e. The summed E-state index contributed by atoms with van der Waals surface area (Å²) >= 11 is 0. The van der Waals surface area contributed by atoms with Gasteiger partial charge in [-0.1, -0.05) is 6.07 Å². The predicted octanol–water partition coefficient (Wildman–Crippen LogP) is 3.28. The summed E-state index contributed by atoms with van der Waals surface area (Å²) in [5.74, 6) is -0.928. The van der Waals surface area contributed by atoms with E-state index in [1.807, 2.05) is 13.0 Å². The molecule has 0 saturated heterocycles. The van der Waals surface area contributed by atoms with Gasteiger partial charge >= 0.3 is 0 Å². The van der Waals surface area contributed by atoms with E-state index in [0.29, 0.717) is 6.54 Å². The summed E-state index contributed by atoms with van der Waals surface area (Å²) in [5, 5.41) is 2.84. The average Bonchev–Trinajstić information content (AvgIpc) is 2.30. The van der Waals surface area contributed by atoms with E-state index in [4.69, 9.17) is 0 Å². The molecule has 88 valence electrons. The van der Waals surface area contributed by atoms with Crippen LogP contribution in [0.4, 0.5) is 14.5 Å². The predicted molar refractivity (Wildman–Crippen MR) is 62.7 cm³/mol. The number of anilines is 1. The monoisotopic (exact) mass is 234 g/mol. The van der Waals surface area contributed by atoms with Crippen LogP contribution in [0, 0.1) is 18.6 Å². The molecule has 4 heteroatoms. The van der Waals surface area contributed by atoms with Crippen molar-refractivity contribution in [3.63, 3.8) is 0 Å². The van der Waals surface area contributed by atoms with E-state index in [0.717, 1.165) is 29.3 Å². The van der Waals surface area contributed by atoms with E-state index < -0.39 is 11.6 Å². The van der Waals surface area contributed by atoms with Gasteiger partial charge in [0, 0.05) is 18.9 Å². The molecule has 0 saturated carbocycles. The third-order valence-corrected chi connectivity index (χ3v) is 2.34. The molecule has 0 aliphatic heterocycles. The average molecular weight is 234 g/mol. The van der Waals surface area contributed by atoms with Crippen molar-refractivity contribution < 1.29 is 8.78 Å². The lowest BCUT2D eigenvalue weighted by Gasteiger charge is -2.07. The van der Waals surface area contributed by atoms with E-state index in [2.05, 4.69) is 10.3 Å². The van der Waals surface area contributed by atoms with Crippen molar-refractivity contribution >= 4 is 5.69 Å². The minimum Gasteiger partial charge on any atom is -0.378 e. The Balaban J connectivity index is 2.09. The van der Waals surface area contributed by atoms with Crippen LogP contribution >= 0.6 is 0 Å². The first-order valence-corrected chi connectivity index (χ1v) is 5.24. The van der Waals surface area contributed by atoms with Gasteiger partial charge < -0.3 is 5.32 Å². The van der Waals surface area contributed by atoms with Crippen molar-refractivity contribution in [1.82, 2.24) is 4.98 Å². The lowest BCUT2D eigenvalue weighted by molar-refractivity contribution is 0.602. The van der Waals surface area contributed by atoms with Gasteiger partial charge in [0.15, 0.2) is 0 Å². The molecular weight excluding hydrogens is 222 g/mol. The second-order valence-electron chi connectivity index (χ2n) is 3.85. The number of nitrogens with one attached hydrogen (secondary N) is 1. The molecule has 0 atom stereocenters. The number of benzene rings is 1. The van der Waals surface area contributed by atoms with Crippen molar-refractivity contribution in [3.05, 3.63) is 59.4 Å². The molecule has 0 radical (unpaired) electrons. The Kier molecular flexibility index (Phi) is 3.32. The van der Waals surface area contributed by atoms with Gasteiger partial charge in [-0.2, -0.15) is 0 Å². The lowest BCUT2D eigenvalue weighted by Crippen LogP contribution is -2.02. The van der Waals surface area contributed by atoms with Crippen LogP contribution in [0.3, 0.4) is 0 Å². The molecule has 2 rings (SSSR count). The Hall–Kier alpha value is -1.97. The van der Waals surface area contributed by atoms with Gasteiger partial charge in [0.1, 0.15) is 11.6 Å². The maximum absolute atomic E-state index is 13.3. The van der Waals surface area contributed by atoms with Crippen LogP contribution in [-0.2, 0) is 6.54 Å². The van der Waals surface area contributed by atoms with E-state index in [1.165, 1.54) is 0 Å². The van der Waals surface area contributed by atoms with E-state index >= 15 is 0 Å². The van der Waals surface area contributed by atoms with Gasteiger partial charge in [-0.3, -0.25) is 4.98 Å². The Morgan fingerprint density at radius 1 is 1.18 bits per heavy atom. The zero-order valence-electron chi connectivity index (χ0n) is 9.37. The molecule has 0 unspecified atom stereocenters. The van der Waals surface area contributed by atoms with Crippen molar-refractivity contribution in [2.24, 2.45) is 0 Å². The van der Waals surface area contributed by atoms with Crippen LogP contribution in [0.15, 0.2) is 36.7 Å². The molecule has 1 aromatic carbocycles. The molecule has 0 aliphatic carbocycles. The first-order valence-electron chi connectivity index (χ1n) is 5.24. The fraction of sp³-hybridized carbons (Fsp3) is 0.154. The standard InChI is InChI=1S/C13H12F2N2/c1-9-4-10(7-16-6-9)8-17-13-5-11(14)2-3-12(13)15/h2-7,17H,8H2,1H3. The number of hydrogen-bond donors (Lipinski definition) is 1. The molecular formula is C13H12F2N2. The number of rotatable bonds is 3. The second kappa shape index (κ2) is 4.91. The highest BCUT2D eigenvalue weighted by Gasteiger charge is 2.03. The summed E-state index contributed by atoms with van der Waals surface area (Å²) in [6, 6.07) is 5.27. The zero-order valence-corrected chi connectivity index (χ0v) is 9.37. The number of hydrogen-bond acceptors (Lipinski definition) is 2. The number of nitrogens with zero attached hydrogens (tertiary/aromatic N) is 1. The summed E-state index contributed by atoms with van der Waals surface area (Å²) < 4.78 is 26.2. The number of aromatic nitrogens is 1. The van der Waals surface area contributed by atoms with Crippen LogP contribution in [0.2, 0.25) is 0 Å². The molecule has 0 aliphatic rings. The summed E-state index contributed by atoms with van der Waals surface area (Å²) in [5.41, 5.74) is 2.11. The molecule has 0 bridgehead atoms. The van der Waals surface area contributed by atoms with Crippen molar-refractivity contribution in [1.29, 1.82) is 0 Å². The summed E-state index contributed by atoms with van der Waals surface area (Å²) in [4.78, 5) is 4.03. The van der Waals surface area contributed by atoms with E-state index in [9.17, 15) is 8.78 Å². The van der Waals surface area contributed by atoms with Crippen molar-refractivity contribution in [3.8, 4) is 0 Å². The van der Waals surface area contributed by atoms with Gasteiger partial charge in [-0.25, -0.2) is 8.78 Å². The van der Waals surface area contributed by atoms with Crippen molar-refractivity contribution in [2.45, 2.75) is 13.5 Å². The molecule has 17 heavy (non-hydrogen) atoms. The summed E-state index contributed by atoms with van der Waals surface area (Å²) in [7, 11) is 0. The van der Waals surface area contributed by atoms with Gasteiger partial charge in [-0.15, -0.1) is 0 Å². The molecule has 0 spiro atoms. The summed E-state index contributed by atoms with van der Waals surface area (Å²) in [6.07, 6.45) is 3.43. The van der Waals surface area contributed by atoms with Gasteiger partial charge in [0.05, 0.1) is 5.69 Å². The Morgan fingerprint density at radius 2 is 2.00 bits per heavy atom. The minimum absolute atomic E-state index is 0.159. The summed E-state index contributed by atoms with van der Waals surface area (Å²) in [6.45, 7) is 2.34. The third-order valence-electron chi connectivity index (χ3n) is 2.34. The quantitative estimate of drug-likeness (QED) is 0.881. The molecule has 0 fully saturated rings. The van der Waals surface area contributed by atoms with Gasteiger partial charge in [0.25, 0.3) is 0 Å². The highest BCUT2D eigenvalue weighted by atomic mass is 19.1. The van der Waals surface area contributed by atoms with Crippen molar-refractivity contribution in [2.75, 3.05) is 5.32 Å². The highest BCUT2D eigenvalue weighted by Crippen LogP contribution is 2.16. The van der Waals surface area contributed by atoms with Gasteiger partial charge in [0.2, 0.25) is 0 Å². The zero-order chi connectivity index (χ0) is 12.3. The van der Waals surface area contributed by atoms with Gasteiger partial charge in [-0.05, 0) is 36.2 Å². The largest absolute Gasteiger partial charge is 0.378 e. The molecule has 2 nitrogen and oxygen atoms in total. The van der Waals surface area contributed by atoms with Crippen LogP contribution in [-0.4, -0.2) is 4.98 Å². The van der Waals surface area contributed by atoms with Crippen LogP contribution in [0.5, 0.6) is 0 Å². The molecule has 1 N–H and O–H groups in total. The SMILES string of the molecule is Cc1cncc(CNc2cc(F)ccc2F)c1. The number of halogens is 2. The normalized spacial score (nSPS) is 10.3. The molecule has 0 amide bonds. The second-order valence-corrected chi connectivity index (χ2v) is 3.85. The fourth-order valence-electron chi connectivity index (χ4n) is 1.54. The lowest BCUT2D eigenvalue weighted by atomic mass is 10.2. The van der Waals surface area contributed by atoms with Crippen LogP contribution in [0.1, 0.15) is 11.1 Å². The number of aryl methyl sites for hydroxylation is 1. The van der Waals surface area contributed by atoms with Crippen LogP contribution in [0.25, 0.3) is 0 Å². The number of pyridine rings is 1. The Morgan fingerprint density at radius 3 is 2.76 bits per heavy atom. The van der Waals surface area contributed by atoms with Crippen LogP contribution < -0.4 is 5.32 Å². The van der Waals surface area contributed by atoms with E-state index in [-0.39, 0.29) is 5.69 Å². The van der Waals surface area contributed by atoms with E-state index in [1.54, 1.807) is 12.4 Å². The highest BCUT2D eigenvalue weighted by molar-refractivity contribution is 5.45. The topological polar surface area (TPSA) is 24.9 Å². The Bertz CT molecular complexity index is 527. The first kappa shape index (κ1) is 11.5. The molecule has 1 aromatic heterocycles. The molecule has 1 heterocycles. The minimum atomic E-state index is -0.466. The fourth-order valence-corrected chi connectivity index (χ4v) is 1.54. The smallest absolute Gasteiger partial charge is 0.146 e. The third kappa shape index (κ3) is 3.00. The maximum atomic E-state index is 13.3. The molecule has 2 aromatic rings. The first-order chi connectivity index (χ1) is 8.15.